The summed E-state index contributed by atoms with van der Waals surface area (Å²) in [6.45, 7) is 2.51. The van der Waals surface area contributed by atoms with E-state index in [1.165, 1.54) is 0 Å². The minimum absolute atomic E-state index is 0.0896. The number of nitrogens with one attached hydrogen (secondary N) is 1. The predicted molar refractivity (Wildman–Crippen MR) is 79.9 cm³/mol. The Bertz CT molecular complexity index is 596. The lowest BCUT2D eigenvalue weighted by Gasteiger charge is -2.21. The lowest BCUT2D eigenvalue weighted by atomic mass is 10.1. The normalized spacial score (nSPS) is 9.85. The maximum Gasteiger partial charge on any atom is 0.258 e. The van der Waals surface area contributed by atoms with Crippen molar-refractivity contribution in [2.75, 3.05) is 16.8 Å². The van der Waals surface area contributed by atoms with Gasteiger partial charge in [-0.25, -0.2) is 0 Å². The molecule has 0 radical (unpaired) electrons. The van der Waals surface area contributed by atoms with Gasteiger partial charge in [-0.2, -0.15) is 0 Å². The zero-order valence-electron chi connectivity index (χ0n) is 11.2. The van der Waals surface area contributed by atoms with Crippen LogP contribution < -0.4 is 10.2 Å². The second-order valence-corrected chi connectivity index (χ2v) is 4.23. The maximum absolute atomic E-state index is 12.5. The first-order chi connectivity index (χ1) is 9.76. The van der Waals surface area contributed by atoms with Crippen molar-refractivity contribution >= 4 is 23.7 Å². The van der Waals surface area contributed by atoms with E-state index in [4.69, 9.17) is 0 Å². The summed E-state index contributed by atoms with van der Waals surface area (Å²) in [4.78, 5) is 24.7. The number of rotatable bonds is 5. The van der Waals surface area contributed by atoms with Crippen LogP contribution >= 0.6 is 0 Å². The average Bonchev–Trinajstić information content (AvgIpc) is 2.50. The highest BCUT2D eigenvalue weighted by molar-refractivity contribution is 6.06. The first kappa shape index (κ1) is 13.8. The molecule has 1 N–H and O–H groups in total. The third-order valence-electron chi connectivity index (χ3n) is 2.96. The van der Waals surface area contributed by atoms with Gasteiger partial charge in [0.05, 0.1) is 0 Å². The second kappa shape index (κ2) is 6.52. The Kier molecular flexibility index (Phi) is 4.50. The fraction of sp³-hybridized carbons (Fsp3) is 0.125. The van der Waals surface area contributed by atoms with E-state index < -0.39 is 0 Å². The molecule has 20 heavy (non-hydrogen) atoms. The third-order valence-corrected chi connectivity index (χ3v) is 2.96. The molecule has 0 fully saturated rings. The molecule has 4 nitrogen and oxygen atoms in total. The topological polar surface area (TPSA) is 49.4 Å². The Labute approximate surface area is 118 Å². The van der Waals surface area contributed by atoms with Crippen molar-refractivity contribution in [2.45, 2.75) is 6.92 Å². The molecule has 4 heteroatoms. The highest BCUT2D eigenvalue weighted by Crippen LogP contribution is 2.18. The van der Waals surface area contributed by atoms with Crippen LogP contribution in [0.4, 0.5) is 11.4 Å². The van der Waals surface area contributed by atoms with Crippen LogP contribution in [0.15, 0.2) is 54.6 Å². The lowest BCUT2D eigenvalue weighted by molar-refractivity contribution is -0.105. The van der Waals surface area contributed by atoms with Gasteiger partial charge >= 0.3 is 0 Å². The van der Waals surface area contributed by atoms with Crippen LogP contribution in [0, 0.1) is 0 Å². The molecule has 2 rings (SSSR count). The number of nitrogens with zero attached hydrogens (tertiary/aromatic N) is 1. The molecule has 0 atom stereocenters. The summed E-state index contributed by atoms with van der Waals surface area (Å²) in [6, 6.07) is 16.4. The lowest BCUT2D eigenvalue weighted by Crippen LogP contribution is -2.30. The molecule has 0 aromatic heterocycles. The first-order valence-corrected chi connectivity index (χ1v) is 6.43. The molecule has 0 saturated carbocycles. The van der Waals surface area contributed by atoms with Crippen molar-refractivity contribution in [1.29, 1.82) is 0 Å². The standard InChI is InChI=1S/C16H16N2O2/c1-2-18(15-9-4-3-5-10-15)16(20)13-7-6-8-14(11-13)17-12-19/h3-12H,2H2,1H3,(H,17,19). The smallest absolute Gasteiger partial charge is 0.258 e. The van der Waals surface area contributed by atoms with Gasteiger partial charge in [0.2, 0.25) is 6.41 Å². The van der Waals surface area contributed by atoms with Crippen LogP contribution in [-0.4, -0.2) is 18.9 Å². The van der Waals surface area contributed by atoms with Crippen molar-refractivity contribution in [2.24, 2.45) is 0 Å². The fourth-order valence-electron chi connectivity index (χ4n) is 2.02. The van der Waals surface area contributed by atoms with Gasteiger partial charge in [0.15, 0.2) is 0 Å². The SMILES string of the molecule is CCN(C(=O)c1cccc(NC=O)c1)c1ccccc1. The molecule has 0 heterocycles. The number of hydrogen-bond donors (Lipinski definition) is 1. The van der Waals surface area contributed by atoms with E-state index in [2.05, 4.69) is 5.32 Å². The molecule has 2 amide bonds. The van der Waals surface area contributed by atoms with Gasteiger partial charge in [0, 0.05) is 23.5 Å². The Balaban J connectivity index is 2.29. The molecule has 0 aliphatic rings. The van der Waals surface area contributed by atoms with Crippen molar-refractivity contribution < 1.29 is 9.59 Å². The van der Waals surface area contributed by atoms with Gasteiger partial charge in [-0.05, 0) is 37.3 Å². The van der Waals surface area contributed by atoms with Crippen molar-refractivity contribution in [1.82, 2.24) is 0 Å². The highest BCUT2D eigenvalue weighted by Gasteiger charge is 2.15. The van der Waals surface area contributed by atoms with Gasteiger partial charge < -0.3 is 10.2 Å². The van der Waals surface area contributed by atoms with Crippen molar-refractivity contribution in [3.8, 4) is 0 Å². The largest absolute Gasteiger partial charge is 0.329 e. The number of anilines is 2. The molecule has 0 aliphatic heterocycles. The van der Waals surface area contributed by atoms with E-state index in [9.17, 15) is 9.59 Å². The van der Waals surface area contributed by atoms with E-state index in [0.29, 0.717) is 24.2 Å². The van der Waals surface area contributed by atoms with Crippen LogP contribution in [0.25, 0.3) is 0 Å². The van der Waals surface area contributed by atoms with E-state index in [-0.39, 0.29) is 5.91 Å². The summed E-state index contributed by atoms with van der Waals surface area (Å²) in [5.41, 5.74) is 2.01. The average molecular weight is 268 g/mol. The minimum atomic E-state index is -0.0896. The fourth-order valence-corrected chi connectivity index (χ4v) is 2.02. The number of benzene rings is 2. The summed E-state index contributed by atoms with van der Waals surface area (Å²) in [5, 5.41) is 2.55. The van der Waals surface area contributed by atoms with Gasteiger partial charge in [-0.15, -0.1) is 0 Å². The Morgan fingerprint density at radius 1 is 1.15 bits per heavy atom. The summed E-state index contributed by atoms with van der Waals surface area (Å²) >= 11 is 0. The number of para-hydroxylation sites is 1. The quantitative estimate of drug-likeness (QED) is 0.848. The number of hydrogen-bond acceptors (Lipinski definition) is 2. The van der Waals surface area contributed by atoms with Crippen molar-refractivity contribution in [3.05, 3.63) is 60.2 Å². The van der Waals surface area contributed by atoms with Crippen LogP contribution in [0.3, 0.4) is 0 Å². The van der Waals surface area contributed by atoms with Crippen LogP contribution in [0.5, 0.6) is 0 Å². The van der Waals surface area contributed by atoms with E-state index in [1.54, 1.807) is 29.2 Å². The molecule has 2 aromatic rings. The Hall–Kier alpha value is -2.62. The van der Waals surface area contributed by atoms with Crippen LogP contribution in [0.1, 0.15) is 17.3 Å². The number of carbonyl (C=O) groups is 2. The second-order valence-electron chi connectivity index (χ2n) is 4.23. The predicted octanol–water partition coefficient (Wildman–Crippen LogP) is 2.92. The summed E-state index contributed by atoms with van der Waals surface area (Å²) < 4.78 is 0. The summed E-state index contributed by atoms with van der Waals surface area (Å²) in [7, 11) is 0. The Morgan fingerprint density at radius 2 is 1.90 bits per heavy atom. The monoisotopic (exact) mass is 268 g/mol. The zero-order valence-corrected chi connectivity index (χ0v) is 11.2. The first-order valence-electron chi connectivity index (χ1n) is 6.43. The number of carbonyl (C=O) groups excluding carboxylic acids is 2. The summed E-state index contributed by atoms with van der Waals surface area (Å²) in [5.74, 6) is -0.0896. The highest BCUT2D eigenvalue weighted by atomic mass is 16.2. The van der Waals surface area contributed by atoms with Crippen LogP contribution in [0.2, 0.25) is 0 Å². The van der Waals surface area contributed by atoms with Gasteiger partial charge in [-0.1, -0.05) is 24.3 Å². The number of amides is 2. The molecule has 0 unspecified atom stereocenters. The molecule has 0 aliphatic carbocycles. The third kappa shape index (κ3) is 3.03. The zero-order chi connectivity index (χ0) is 14.4. The molecule has 2 aromatic carbocycles. The van der Waals surface area contributed by atoms with Crippen molar-refractivity contribution in [3.63, 3.8) is 0 Å². The Morgan fingerprint density at radius 3 is 2.55 bits per heavy atom. The summed E-state index contributed by atoms with van der Waals surface area (Å²) in [6.07, 6.45) is 0.596. The van der Waals surface area contributed by atoms with Gasteiger partial charge in [0.1, 0.15) is 0 Å². The van der Waals surface area contributed by atoms with Gasteiger partial charge in [-0.3, -0.25) is 9.59 Å². The molecule has 0 spiro atoms. The minimum Gasteiger partial charge on any atom is -0.329 e. The van der Waals surface area contributed by atoms with Crippen LogP contribution in [-0.2, 0) is 4.79 Å². The molecule has 0 bridgehead atoms. The molecule has 102 valence electrons. The van der Waals surface area contributed by atoms with E-state index >= 15 is 0 Å². The van der Waals surface area contributed by atoms with Gasteiger partial charge in [0.25, 0.3) is 5.91 Å². The molecular formula is C16H16N2O2. The molecular weight excluding hydrogens is 252 g/mol. The molecule has 0 saturated heterocycles. The maximum atomic E-state index is 12.5. The van der Waals surface area contributed by atoms with E-state index in [0.717, 1.165) is 5.69 Å². The van der Waals surface area contributed by atoms with E-state index in [1.807, 2.05) is 37.3 Å².